The van der Waals surface area contributed by atoms with Crippen LogP contribution < -0.4 is 9.84 Å². The Kier molecular flexibility index (Phi) is 5.68. The van der Waals surface area contributed by atoms with E-state index < -0.39 is 5.97 Å². The molecule has 0 unspecified atom stereocenters. The first kappa shape index (κ1) is 18.8. The topological polar surface area (TPSA) is 111 Å². The van der Waals surface area contributed by atoms with Crippen LogP contribution in [0.25, 0.3) is 17.5 Å². The first-order valence-corrected chi connectivity index (χ1v) is 8.82. The van der Waals surface area contributed by atoms with Crippen LogP contribution in [-0.2, 0) is 4.79 Å². The predicted molar refractivity (Wildman–Crippen MR) is 101 cm³/mol. The molecule has 0 atom stereocenters. The number of methoxy groups -OCH3 is 1. The number of benzene rings is 2. The number of carboxylic acid groups (broad SMARTS) is 1. The lowest BCUT2D eigenvalue weighted by molar-refractivity contribution is -0.268. The molecular weight excluding hydrogens is 390 g/mol. The van der Waals surface area contributed by atoms with E-state index in [1.807, 2.05) is 0 Å². The van der Waals surface area contributed by atoms with Crippen LogP contribution in [0.2, 0.25) is 5.02 Å². The van der Waals surface area contributed by atoms with Crippen molar-refractivity contribution in [2.24, 2.45) is 0 Å². The van der Waals surface area contributed by atoms with Crippen molar-refractivity contribution in [3.05, 3.63) is 58.0 Å². The molecule has 0 fully saturated rings. The van der Waals surface area contributed by atoms with Gasteiger partial charge in [0.15, 0.2) is 5.82 Å². The molecule has 7 nitrogen and oxygen atoms in total. The number of aliphatic carboxylic acids is 1. The minimum atomic E-state index is -1.13. The Morgan fingerprint density at radius 3 is 2.70 bits per heavy atom. The van der Waals surface area contributed by atoms with Crippen molar-refractivity contribution >= 4 is 35.4 Å². The Morgan fingerprint density at radius 1 is 1.30 bits per heavy atom. The monoisotopic (exact) mass is 402 g/mol. The van der Waals surface area contributed by atoms with Gasteiger partial charge in [-0.1, -0.05) is 35.9 Å². The molecule has 0 spiro atoms. The third-order valence-electron chi connectivity index (χ3n) is 3.47. The molecule has 1 heterocycles. The fraction of sp³-hybridized carbons (Fsp3) is 0.0556. The molecule has 3 rings (SSSR count). The summed E-state index contributed by atoms with van der Waals surface area (Å²) in [5.41, 5.74) is 1.20. The SMILES string of the molecule is COc1ccc(Cl)cc1-c1nc(S/C(=C\c2ccc([O-])cc2)C(=O)O)n[nH]1. The molecule has 3 aromatic rings. The number of rotatable bonds is 6. The summed E-state index contributed by atoms with van der Waals surface area (Å²) in [7, 11) is 1.53. The van der Waals surface area contributed by atoms with E-state index in [0.717, 1.165) is 11.8 Å². The normalized spacial score (nSPS) is 11.4. The Morgan fingerprint density at radius 2 is 2.04 bits per heavy atom. The second kappa shape index (κ2) is 8.15. The lowest BCUT2D eigenvalue weighted by Crippen LogP contribution is -1.97. The fourth-order valence-electron chi connectivity index (χ4n) is 2.23. The number of hydrogen-bond donors (Lipinski definition) is 2. The fourth-order valence-corrected chi connectivity index (χ4v) is 3.11. The van der Waals surface area contributed by atoms with Gasteiger partial charge in [0.2, 0.25) is 5.16 Å². The van der Waals surface area contributed by atoms with Gasteiger partial charge in [0, 0.05) is 5.02 Å². The van der Waals surface area contributed by atoms with Crippen LogP contribution in [0, 0.1) is 0 Å². The summed E-state index contributed by atoms with van der Waals surface area (Å²) < 4.78 is 5.29. The number of nitrogens with one attached hydrogen (secondary N) is 1. The Bertz CT molecular complexity index is 1000. The number of aromatic nitrogens is 3. The molecule has 0 aliphatic rings. The molecule has 0 saturated carbocycles. The van der Waals surface area contributed by atoms with Crippen molar-refractivity contribution in [2.45, 2.75) is 5.16 Å². The molecule has 0 amide bonds. The summed E-state index contributed by atoms with van der Waals surface area (Å²) in [5.74, 6) is -0.320. The number of ether oxygens (including phenoxy) is 1. The Balaban J connectivity index is 1.88. The van der Waals surface area contributed by atoms with Gasteiger partial charge in [0.1, 0.15) is 10.7 Å². The molecular formula is C18H13ClN3O4S-. The summed E-state index contributed by atoms with van der Waals surface area (Å²) in [6.07, 6.45) is 1.45. The van der Waals surface area contributed by atoms with Crippen LogP contribution in [0.15, 0.2) is 52.5 Å². The summed E-state index contributed by atoms with van der Waals surface area (Å²) in [4.78, 5) is 15.9. The van der Waals surface area contributed by atoms with Crippen molar-refractivity contribution in [1.29, 1.82) is 0 Å². The van der Waals surface area contributed by atoms with Crippen molar-refractivity contribution < 1.29 is 19.7 Å². The van der Waals surface area contributed by atoms with Crippen LogP contribution in [0.4, 0.5) is 0 Å². The minimum Gasteiger partial charge on any atom is -0.872 e. The van der Waals surface area contributed by atoms with Gasteiger partial charge in [-0.2, -0.15) is 0 Å². The number of hydrogen-bond acceptors (Lipinski definition) is 6. The van der Waals surface area contributed by atoms with E-state index in [-0.39, 0.29) is 15.8 Å². The standard InChI is InChI=1S/C18H14ClN3O4S/c1-26-14-7-4-11(19)9-13(14)16-20-18(22-21-16)27-15(17(24)25)8-10-2-5-12(23)6-3-10/h2-9,23H,1H3,(H,24,25)(H,20,21,22)/p-1/b15-8-. The van der Waals surface area contributed by atoms with Gasteiger partial charge in [0.25, 0.3) is 0 Å². The van der Waals surface area contributed by atoms with Crippen LogP contribution in [0.5, 0.6) is 11.5 Å². The van der Waals surface area contributed by atoms with E-state index in [9.17, 15) is 15.0 Å². The second-order valence-corrected chi connectivity index (χ2v) is 6.74. The van der Waals surface area contributed by atoms with E-state index in [4.69, 9.17) is 16.3 Å². The van der Waals surface area contributed by atoms with Gasteiger partial charge in [-0.3, -0.25) is 5.10 Å². The highest BCUT2D eigenvalue weighted by Crippen LogP contribution is 2.32. The Labute approximate surface area is 163 Å². The highest BCUT2D eigenvalue weighted by Gasteiger charge is 2.16. The zero-order valence-corrected chi connectivity index (χ0v) is 15.5. The van der Waals surface area contributed by atoms with E-state index >= 15 is 0 Å². The molecule has 0 aliphatic heterocycles. The molecule has 0 aliphatic carbocycles. The Hall–Kier alpha value is -2.97. The van der Waals surface area contributed by atoms with Gasteiger partial charge in [-0.15, -0.1) is 10.8 Å². The number of H-pyrrole nitrogens is 1. The van der Waals surface area contributed by atoms with E-state index in [1.165, 1.54) is 25.3 Å². The van der Waals surface area contributed by atoms with Crippen LogP contribution in [0.3, 0.4) is 0 Å². The van der Waals surface area contributed by atoms with Gasteiger partial charge >= 0.3 is 5.97 Å². The quantitative estimate of drug-likeness (QED) is 0.480. The molecule has 27 heavy (non-hydrogen) atoms. The summed E-state index contributed by atoms with van der Waals surface area (Å²) in [6, 6.07) is 10.9. The molecule has 2 N–H and O–H groups in total. The molecule has 0 saturated heterocycles. The highest BCUT2D eigenvalue weighted by molar-refractivity contribution is 8.04. The molecule has 138 valence electrons. The first-order valence-electron chi connectivity index (χ1n) is 7.62. The lowest BCUT2D eigenvalue weighted by atomic mass is 10.2. The number of aromatic amines is 1. The maximum atomic E-state index is 11.5. The van der Waals surface area contributed by atoms with Gasteiger partial charge in [0.05, 0.1) is 12.7 Å². The number of thioether (sulfide) groups is 1. The number of carbonyl (C=O) groups is 1. The average Bonchev–Trinajstić information content (AvgIpc) is 3.11. The van der Waals surface area contributed by atoms with Gasteiger partial charge in [-0.05, 0) is 41.6 Å². The average molecular weight is 403 g/mol. The summed E-state index contributed by atoms with van der Waals surface area (Å²) in [6.45, 7) is 0. The van der Waals surface area contributed by atoms with Crippen molar-refractivity contribution in [3.8, 4) is 22.9 Å². The second-order valence-electron chi connectivity index (χ2n) is 5.30. The molecule has 2 aromatic carbocycles. The van der Waals surface area contributed by atoms with E-state index in [1.54, 1.807) is 30.3 Å². The van der Waals surface area contributed by atoms with Crippen LogP contribution >= 0.6 is 23.4 Å². The minimum absolute atomic E-state index is 0.0114. The predicted octanol–water partition coefficient (Wildman–Crippen LogP) is 3.43. The number of carboxylic acids is 1. The number of halogens is 1. The summed E-state index contributed by atoms with van der Waals surface area (Å²) >= 11 is 6.91. The first-order chi connectivity index (χ1) is 13.0. The molecule has 0 radical (unpaired) electrons. The van der Waals surface area contributed by atoms with E-state index in [0.29, 0.717) is 27.7 Å². The largest absolute Gasteiger partial charge is 0.872 e. The molecule has 9 heteroatoms. The maximum absolute atomic E-state index is 11.5. The smallest absolute Gasteiger partial charge is 0.342 e. The lowest BCUT2D eigenvalue weighted by Gasteiger charge is -2.05. The number of nitrogens with zero attached hydrogens (tertiary/aromatic N) is 2. The van der Waals surface area contributed by atoms with Crippen molar-refractivity contribution in [3.63, 3.8) is 0 Å². The zero-order valence-electron chi connectivity index (χ0n) is 14.0. The van der Waals surface area contributed by atoms with Gasteiger partial charge in [-0.25, -0.2) is 9.78 Å². The third-order valence-corrected chi connectivity index (χ3v) is 4.58. The maximum Gasteiger partial charge on any atom is 0.342 e. The van der Waals surface area contributed by atoms with Crippen molar-refractivity contribution in [2.75, 3.05) is 7.11 Å². The van der Waals surface area contributed by atoms with Crippen molar-refractivity contribution in [1.82, 2.24) is 15.2 Å². The highest BCUT2D eigenvalue weighted by atomic mass is 35.5. The van der Waals surface area contributed by atoms with Crippen LogP contribution in [0.1, 0.15) is 5.56 Å². The van der Waals surface area contributed by atoms with E-state index in [2.05, 4.69) is 15.2 Å². The zero-order chi connectivity index (χ0) is 19.4. The molecule has 1 aromatic heterocycles. The molecule has 0 bridgehead atoms. The van der Waals surface area contributed by atoms with Crippen LogP contribution in [-0.4, -0.2) is 33.4 Å². The summed E-state index contributed by atoms with van der Waals surface area (Å²) in [5, 5.41) is 28.1. The van der Waals surface area contributed by atoms with Gasteiger partial charge < -0.3 is 14.9 Å². The third kappa shape index (κ3) is 4.60.